The fourth-order valence-corrected chi connectivity index (χ4v) is 2.11. The van der Waals surface area contributed by atoms with Crippen molar-refractivity contribution >= 4 is 23.4 Å². The summed E-state index contributed by atoms with van der Waals surface area (Å²) in [5.74, 6) is 1.23. The van der Waals surface area contributed by atoms with Gasteiger partial charge in [0.05, 0.1) is 17.7 Å². The van der Waals surface area contributed by atoms with Crippen molar-refractivity contribution in [2.45, 2.75) is 11.9 Å². The number of hydrogen-bond acceptors (Lipinski definition) is 4. The second-order valence-corrected chi connectivity index (χ2v) is 4.26. The highest BCUT2D eigenvalue weighted by Crippen LogP contribution is 2.19. The number of nitrogens with zero attached hydrogens (tertiary/aromatic N) is 1. The molecule has 1 atom stereocenters. The monoisotopic (exact) mass is 233 g/mol. The van der Waals surface area contributed by atoms with Crippen LogP contribution in [0.1, 0.15) is 5.56 Å². The smallest absolute Gasteiger partial charge is 0.0861 e. The molecule has 0 aliphatic carbocycles. The molecule has 1 heterocycles. The Morgan fingerprint density at radius 3 is 3.00 bits per heavy atom. The first-order valence-electron chi connectivity index (χ1n) is 4.19. The first-order valence-corrected chi connectivity index (χ1v) is 5.72. The lowest BCUT2D eigenvalue weighted by atomic mass is 10.3. The Morgan fingerprint density at radius 1 is 1.57 bits per heavy atom. The quantitative estimate of drug-likeness (QED) is 0.806. The fourth-order valence-electron chi connectivity index (χ4n) is 0.879. The van der Waals surface area contributed by atoms with Crippen LogP contribution in [0.15, 0.2) is 18.5 Å². The van der Waals surface area contributed by atoms with Gasteiger partial charge in [0.25, 0.3) is 0 Å². The predicted octanol–water partition coefficient (Wildman–Crippen LogP) is 1.32. The summed E-state index contributed by atoms with van der Waals surface area (Å²) in [5, 5.41) is 18.3. The summed E-state index contributed by atoms with van der Waals surface area (Å²) in [5.41, 5.74) is 0.997. The second kappa shape index (κ2) is 6.24. The van der Waals surface area contributed by atoms with Gasteiger partial charge in [0.1, 0.15) is 0 Å². The lowest BCUT2D eigenvalue weighted by Crippen LogP contribution is -2.14. The van der Waals surface area contributed by atoms with E-state index in [1.165, 1.54) is 11.8 Å². The van der Waals surface area contributed by atoms with Gasteiger partial charge in [-0.3, -0.25) is 4.98 Å². The van der Waals surface area contributed by atoms with Crippen LogP contribution in [0, 0.1) is 0 Å². The molecule has 0 saturated carbocycles. The molecule has 1 aromatic rings. The Balaban J connectivity index is 2.35. The maximum absolute atomic E-state index is 9.09. The van der Waals surface area contributed by atoms with Crippen LogP contribution in [0.3, 0.4) is 0 Å². The van der Waals surface area contributed by atoms with E-state index in [1.807, 2.05) is 6.07 Å². The molecule has 0 amide bonds. The largest absolute Gasteiger partial charge is 0.394 e. The van der Waals surface area contributed by atoms with Crippen molar-refractivity contribution < 1.29 is 10.2 Å². The molecule has 1 unspecified atom stereocenters. The number of aromatic nitrogens is 1. The Hall–Kier alpha value is -0.290. The zero-order chi connectivity index (χ0) is 10.4. The molecule has 3 nitrogen and oxygen atoms in total. The predicted molar refractivity (Wildman–Crippen MR) is 58.5 cm³/mol. The Bertz CT molecular complexity index is 285. The molecule has 0 aromatic carbocycles. The first kappa shape index (κ1) is 11.8. The van der Waals surface area contributed by atoms with Crippen molar-refractivity contribution in [1.29, 1.82) is 0 Å². The number of hydrogen-bond donors (Lipinski definition) is 2. The molecule has 0 radical (unpaired) electrons. The van der Waals surface area contributed by atoms with Crippen LogP contribution in [-0.2, 0) is 5.75 Å². The minimum Gasteiger partial charge on any atom is -0.394 e. The molecule has 0 aliphatic heterocycles. The van der Waals surface area contributed by atoms with Crippen LogP contribution in [0.25, 0.3) is 0 Å². The third-order valence-corrected chi connectivity index (χ3v) is 3.11. The number of thioether (sulfide) groups is 1. The van der Waals surface area contributed by atoms with Crippen molar-refractivity contribution in [3.63, 3.8) is 0 Å². The molecule has 1 rings (SSSR count). The van der Waals surface area contributed by atoms with Crippen LogP contribution >= 0.6 is 23.4 Å². The van der Waals surface area contributed by atoms with Crippen LogP contribution in [0.4, 0.5) is 0 Å². The third kappa shape index (κ3) is 3.84. The van der Waals surface area contributed by atoms with E-state index in [0.29, 0.717) is 10.8 Å². The minimum absolute atomic E-state index is 0.197. The SMILES string of the molecule is OCC(O)CSCc1ccncc1Cl. The van der Waals surface area contributed by atoms with E-state index < -0.39 is 6.10 Å². The highest BCUT2D eigenvalue weighted by molar-refractivity contribution is 7.98. The van der Waals surface area contributed by atoms with Crippen molar-refractivity contribution in [2.24, 2.45) is 0 Å². The van der Waals surface area contributed by atoms with Gasteiger partial charge in [-0.2, -0.15) is 11.8 Å². The molecule has 14 heavy (non-hydrogen) atoms. The summed E-state index contributed by atoms with van der Waals surface area (Å²) in [6.45, 7) is -0.197. The lowest BCUT2D eigenvalue weighted by Gasteiger charge is -2.06. The average molecular weight is 234 g/mol. The van der Waals surface area contributed by atoms with Crippen molar-refractivity contribution in [3.05, 3.63) is 29.0 Å². The molecule has 78 valence electrons. The summed E-state index contributed by atoms with van der Waals surface area (Å²) in [6, 6.07) is 1.85. The number of pyridine rings is 1. The molecular weight excluding hydrogens is 222 g/mol. The van der Waals surface area contributed by atoms with Gasteiger partial charge in [0, 0.05) is 23.9 Å². The normalized spacial score (nSPS) is 12.8. The highest BCUT2D eigenvalue weighted by atomic mass is 35.5. The van der Waals surface area contributed by atoms with E-state index in [-0.39, 0.29) is 6.61 Å². The van der Waals surface area contributed by atoms with E-state index in [0.717, 1.165) is 11.3 Å². The number of aliphatic hydroxyl groups is 2. The Morgan fingerprint density at radius 2 is 2.36 bits per heavy atom. The summed E-state index contributed by atoms with van der Waals surface area (Å²) < 4.78 is 0. The third-order valence-electron chi connectivity index (χ3n) is 1.63. The number of aliphatic hydroxyl groups excluding tert-OH is 2. The highest BCUT2D eigenvalue weighted by Gasteiger charge is 2.03. The average Bonchev–Trinajstić information content (AvgIpc) is 2.20. The Labute approximate surface area is 92.1 Å². The van der Waals surface area contributed by atoms with Gasteiger partial charge in [0.15, 0.2) is 0 Å². The van der Waals surface area contributed by atoms with E-state index in [4.69, 9.17) is 21.8 Å². The van der Waals surface area contributed by atoms with Crippen LogP contribution in [0.5, 0.6) is 0 Å². The second-order valence-electron chi connectivity index (χ2n) is 2.82. The molecule has 0 bridgehead atoms. The van der Waals surface area contributed by atoms with Gasteiger partial charge >= 0.3 is 0 Å². The number of halogens is 1. The van der Waals surface area contributed by atoms with E-state index in [9.17, 15) is 0 Å². The van der Waals surface area contributed by atoms with Crippen LogP contribution in [-0.4, -0.2) is 33.7 Å². The van der Waals surface area contributed by atoms with Crippen molar-refractivity contribution in [2.75, 3.05) is 12.4 Å². The number of rotatable bonds is 5. The summed E-state index contributed by atoms with van der Waals surface area (Å²) in [7, 11) is 0. The summed E-state index contributed by atoms with van der Waals surface area (Å²) in [4.78, 5) is 3.87. The van der Waals surface area contributed by atoms with Crippen molar-refractivity contribution in [3.8, 4) is 0 Å². The fraction of sp³-hybridized carbons (Fsp3) is 0.444. The topological polar surface area (TPSA) is 53.4 Å². The molecule has 0 saturated heterocycles. The van der Waals surface area contributed by atoms with Crippen LogP contribution < -0.4 is 0 Å². The maximum atomic E-state index is 9.09. The van der Waals surface area contributed by atoms with Crippen LogP contribution in [0.2, 0.25) is 5.02 Å². The van der Waals surface area contributed by atoms with E-state index >= 15 is 0 Å². The van der Waals surface area contributed by atoms with Crippen molar-refractivity contribution in [1.82, 2.24) is 4.98 Å². The molecule has 1 aromatic heterocycles. The van der Waals surface area contributed by atoms with E-state index in [1.54, 1.807) is 12.4 Å². The van der Waals surface area contributed by atoms with Gasteiger partial charge in [-0.05, 0) is 11.6 Å². The van der Waals surface area contributed by atoms with Gasteiger partial charge in [-0.15, -0.1) is 0 Å². The standard InChI is InChI=1S/C9H12ClNO2S/c10-9-3-11-2-1-7(9)5-14-6-8(13)4-12/h1-3,8,12-13H,4-6H2. The van der Waals surface area contributed by atoms with Gasteiger partial charge in [0.2, 0.25) is 0 Å². The summed E-state index contributed by atoms with van der Waals surface area (Å²) in [6.07, 6.45) is 2.63. The van der Waals surface area contributed by atoms with Gasteiger partial charge in [-0.1, -0.05) is 11.6 Å². The molecule has 0 fully saturated rings. The minimum atomic E-state index is -0.652. The van der Waals surface area contributed by atoms with E-state index in [2.05, 4.69) is 4.98 Å². The van der Waals surface area contributed by atoms with Gasteiger partial charge in [-0.25, -0.2) is 0 Å². The zero-order valence-electron chi connectivity index (χ0n) is 7.56. The molecule has 0 spiro atoms. The molecule has 0 aliphatic rings. The van der Waals surface area contributed by atoms with Gasteiger partial charge < -0.3 is 10.2 Å². The Kier molecular flexibility index (Phi) is 5.25. The molecular formula is C9H12ClNO2S. The summed E-state index contributed by atoms with van der Waals surface area (Å²) >= 11 is 7.42. The molecule has 2 N–H and O–H groups in total. The zero-order valence-corrected chi connectivity index (χ0v) is 9.13. The molecule has 5 heteroatoms. The lowest BCUT2D eigenvalue weighted by molar-refractivity contribution is 0.113. The first-order chi connectivity index (χ1) is 6.74. The maximum Gasteiger partial charge on any atom is 0.0861 e.